The smallest absolute Gasteiger partial charge is 0.170 e. The van der Waals surface area contributed by atoms with Crippen molar-refractivity contribution < 1.29 is 9.94 Å². The summed E-state index contributed by atoms with van der Waals surface area (Å²) in [5.41, 5.74) is 7.26. The second-order valence-electron chi connectivity index (χ2n) is 4.90. The van der Waals surface area contributed by atoms with Gasteiger partial charge >= 0.3 is 0 Å². The van der Waals surface area contributed by atoms with Crippen LogP contribution in [0.15, 0.2) is 23.4 Å². The maximum Gasteiger partial charge on any atom is 0.170 e. The van der Waals surface area contributed by atoms with Crippen molar-refractivity contribution in [2.24, 2.45) is 16.8 Å². The molecule has 2 rings (SSSR count). The molecule has 4 heteroatoms. The molecule has 0 unspecified atom stereocenters. The number of hydrogen-bond donors (Lipinski definition) is 2. The molecule has 1 aromatic carbocycles. The molecule has 0 aliphatic heterocycles. The van der Waals surface area contributed by atoms with Crippen LogP contribution in [-0.4, -0.2) is 17.6 Å². The zero-order valence-corrected chi connectivity index (χ0v) is 10.7. The van der Waals surface area contributed by atoms with Crippen LogP contribution in [0.25, 0.3) is 0 Å². The average Bonchev–Trinajstić information content (AvgIpc) is 2.31. The number of hydrogen-bond acceptors (Lipinski definition) is 3. The minimum Gasteiger partial charge on any atom is -0.494 e. The predicted octanol–water partition coefficient (Wildman–Crippen LogP) is 2.66. The standard InChI is InChI=1S/C14H20N2O2/c1-10-9-12(5-6-13(10)14(15)16-17)18-8-7-11-3-2-4-11/h5-6,9,11,17H,2-4,7-8H2,1H3,(H2,15,16). The van der Waals surface area contributed by atoms with E-state index in [4.69, 9.17) is 15.7 Å². The van der Waals surface area contributed by atoms with Gasteiger partial charge in [0.2, 0.25) is 0 Å². The molecule has 0 spiro atoms. The fourth-order valence-electron chi connectivity index (χ4n) is 2.19. The SMILES string of the molecule is Cc1cc(OCCC2CCC2)ccc1/C(N)=N/O. The van der Waals surface area contributed by atoms with Gasteiger partial charge in [-0.1, -0.05) is 24.4 Å². The summed E-state index contributed by atoms with van der Waals surface area (Å²) in [6.45, 7) is 2.69. The summed E-state index contributed by atoms with van der Waals surface area (Å²) in [5.74, 6) is 1.84. The molecule has 1 aromatic rings. The second-order valence-corrected chi connectivity index (χ2v) is 4.90. The number of ether oxygens (including phenoxy) is 1. The molecular weight excluding hydrogens is 228 g/mol. The first-order valence-corrected chi connectivity index (χ1v) is 6.42. The maximum absolute atomic E-state index is 8.65. The van der Waals surface area contributed by atoms with E-state index in [2.05, 4.69) is 5.16 Å². The van der Waals surface area contributed by atoms with Crippen molar-refractivity contribution in [3.63, 3.8) is 0 Å². The maximum atomic E-state index is 8.65. The van der Waals surface area contributed by atoms with Gasteiger partial charge in [0.15, 0.2) is 5.84 Å². The number of oxime groups is 1. The molecule has 0 heterocycles. The summed E-state index contributed by atoms with van der Waals surface area (Å²) in [7, 11) is 0. The lowest BCUT2D eigenvalue weighted by Gasteiger charge is -2.25. The Hall–Kier alpha value is -1.71. The van der Waals surface area contributed by atoms with Crippen LogP contribution in [0.5, 0.6) is 5.75 Å². The molecule has 0 saturated heterocycles. The van der Waals surface area contributed by atoms with Crippen LogP contribution < -0.4 is 10.5 Å². The van der Waals surface area contributed by atoms with Gasteiger partial charge in [0.25, 0.3) is 0 Å². The highest BCUT2D eigenvalue weighted by atomic mass is 16.5. The first-order valence-electron chi connectivity index (χ1n) is 6.42. The molecule has 0 atom stereocenters. The Balaban J connectivity index is 1.91. The lowest BCUT2D eigenvalue weighted by Crippen LogP contribution is -2.15. The Morgan fingerprint density at radius 3 is 2.83 bits per heavy atom. The minimum atomic E-state index is 0.133. The molecule has 98 valence electrons. The summed E-state index contributed by atoms with van der Waals surface area (Å²) in [4.78, 5) is 0. The molecule has 4 nitrogen and oxygen atoms in total. The van der Waals surface area contributed by atoms with Gasteiger partial charge in [0.05, 0.1) is 6.61 Å². The Kier molecular flexibility index (Phi) is 4.07. The van der Waals surface area contributed by atoms with Gasteiger partial charge in [0.1, 0.15) is 5.75 Å². The first-order chi connectivity index (χ1) is 8.70. The largest absolute Gasteiger partial charge is 0.494 e. The average molecular weight is 248 g/mol. The third-order valence-corrected chi connectivity index (χ3v) is 3.60. The number of amidine groups is 1. The lowest BCUT2D eigenvalue weighted by atomic mass is 9.83. The zero-order valence-electron chi connectivity index (χ0n) is 10.7. The number of benzene rings is 1. The van der Waals surface area contributed by atoms with Gasteiger partial charge in [-0.2, -0.15) is 0 Å². The number of nitrogens with zero attached hydrogens (tertiary/aromatic N) is 1. The Labute approximate surface area is 107 Å². The van der Waals surface area contributed by atoms with Crippen molar-refractivity contribution in [2.45, 2.75) is 32.6 Å². The third-order valence-electron chi connectivity index (χ3n) is 3.60. The van der Waals surface area contributed by atoms with E-state index in [1.54, 1.807) is 0 Å². The molecule has 1 fully saturated rings. The van der Waals surface area contributed by atoms with Crippen LogP contribution in [0.1, 0.15) is 36.8 Å². The van der Waals surface area contributed by atoms with Crippen molar-refractivity contribution in [3.05, 3.63) is 29.3 Å². The van der Waals surface area contributed by atoms with Crippen LogP contribution in [0.4, 0.5) is 0 Å². The number of nitrogens with two attached hydrogens (primary N) is 1. The lowest BCUT2D eigenvalue weighted by molar-refractivity contribution is 0.222. The first kappa shape index (κ1) is 12.7. The van der Waals surface area contributed by atoms with Crippen LogP contribution >= 0.6 is 0 Å². The summed E-state index contributed by atoms with van der Waals surface area (Å²) < 4.78 is 5.72. The van der Waals surface area contributed by atoms with Gasteiger partial charge < -0.3 is 15.7 Å². The Morgan fingerprint density at radius 1 is 1.50 bits per heavy atom. The van der Waals surface area contributed by atoms with Crippen molar-refractivity contribution in [3.8, 4) is 5.75 Å². The number of rotatable bonds is 5. The Morgan fingerprint density at radius 2 is 2.28 bits per heavy atom. The van der Waals surface area contributed by atoms with Gasteiger partial charge in [-0.3, -0.25) is 0 Å². The predicted molar refractivity (Wildman–Crippen MR) is 71.1 cm³/mol. The van der Waals surface area contributed by atoms with Crippen molar-refractivity contribution >= 4 is 5.84 Å². The molecule has 1 saturated carbocycles. The molecule has 0 amide bonds. The summed E-state index contributed by atoms with van der Waals surface area (Å²) >= 11 is 0. The fraction of sp³-hybridized carbons (Fsp3) is 0.500. The van der Waals surface area contributed by atoms with E-state index < -0.39 is 0 Å². The zero-order chi connectivity index (χ0) is 13.0. The molecule has 0 radical (unpaired) electrons. The Bertz CT molecular complexity index is 439. The molecule has 18 heavy (non-hydrogen) atoms. The second kappa shape index (κ2) is 5.76. The molecular formula is C14H20N2O2. The monoisotopic (exact) mass is 248 g/mol. The third kappa shape index (κ3) is 2.94. The fourth-order valence-corrected chi connectivity index (χ4v) is 2.19. The highest BCUT2D eigenvalue weighted by Crippen LogP contribution is 2.29. The molecule has 3 N–H and O–H groups in total. The van der Waals surface area contributed by atoms with E-state index in [1.807, 2.05) is 25.1 Å². The molecule has 1 aliphatic rings. The van der Waals surface area contributed by atoms with Crippen LogP contribution in [-0.2, 0) is 0 Å². The highest BCUT2D eigenvalue weighted by molar-refractivity contribution is 5.98. The van der Waals surface area contributed by atoms with Gasteiger partial charge in [-0.05, 0) is 43.0 Å². The van der Waals surface area contributed by atoms with E-state index in [0.717, 1.165) is 35.8 Å². The molecule has 1 aliphatic carbocycles. The summed E-state index contributed by atoms with van der Waals surface area (Å²) in [5, 5.41) is 11.7. The number of aryl methyl sites for hydroxylation is 1. The van der Waals surface area contributed by atoms with Crippen LogP contribution in [0.3, 0.4) is 0 Å². The quantitative estimate of drug-likeness (QED) is 0.364. The van der Waals surface area contributed by atoms with Crippen molar-refractivity contribution in [1.29, 1.82) is 0 Å². The van der Waals surface area contributed by atoms with Gasteiger partial charge in [-0.15, -0.1) is 0 Å². The topological polar surface area (TPSA) is 67.8 Å². The van der Waals surface area contributed by atoms with Crippen LogP contribution in [0.2, 0.25) is 0 Å². The van der Waals surface area contributed by atoms with E-state index in [9.17, 15) is 0 Å². The molecule has 0 bridgehead atoms. The van der Waals surface area contributed by atoms with E-state index in [-0.39, 0.29) is 5.84 Å². The minimum absolute atomic E-state index is 0.133. The van der Waals surface area contributed by atoms with Crippen molar-refractivity contribution in [1.82, 2.24) is 0 Å². The van der Waals surface area contributed by atoms with E-state index >= 15 is 0 Å². The van der Waals surface area contributed by atoms with Crippen LogP contribution in [0, 0.1) is 12.8 Å². The van der Waals surface area contributed by atoms with Gasteiger partial charge in [0, 0.05) is 5.56 Å². The summed E-state index contributed by atoms with van der Waals surface area (Å²) in [6.07, 6.45) is 5.22. The van der Waals surface area contributed by atoms with E-state index in [1.165, 1.54) is 19.3 Å². The normalized spacial score (nSPS) is 16.4. The molecule has 0 aromatic heterocycles. The van der Waals surface area contributed by atoms with E-state index in [0.29, 0.717) is 0 Å². The van der Waals surface area contributed by atoms with Gasteiger partial charge in [-0.25, -0.2) is 0 Å². The summed E-state index contributed by atoms with van der Waals surface area (Å²) in [6, 6.07) is 5.61. The highest BCUT2D eigenvalue weighted by Gasteiger charge is 2.16. The van der Waals surface area contributed by atoms with Crippen molar-refractivity contribution in [2.75, 3.05) is 6.61 Å².